The predicted octanol–water partition coefficient (Wildman–Crippen LogP) is 4.07. The number of nitrogens with zero attached hydrogens (tertiary/aromatic N) is 1. The van der Waals surface area contributed by atoms with Crippen molar-refractivity contribution in [3.05, 3.63) is 52.0 Å². The summed E-state index contributed by atoms with van der Waals surface area (Å²) in [7, 11) is 3.07. The Labute approximate surface area is 179 Å². The van der Waals surface area contributed by atoms with Gasteiger partial charge >= 0.3 is 0 Å². The van der Waals surface area contributed by atoms with E-state index in [0.717, 1.165) is 5.56 Å². The van der Waals surface area contributed by atoms with E-state index < -0.39 is 0 Å². The fraction of sp³-hybridized carbons (Fsp3) is 0.250. The van der Waals surface area contributed by atoms with Crippen molar-refractivity contribution in [2.45, 2.75) is 19.8 Å². The standard InChI is InChI=1S/C20H21Cl2N3O4/c1-12(8-19(26)23-16-6-5-14(21)11-15(16)22)24-25-20(27)10-13-4-7-17(28-2)18(9-13)29-3/h4-7,9,11H,8,10H2,1-3H3,(H,23,26)(H,25,27)/b24-12+. The second-order valence-electron chi connectivity index (χ2n) is 6.10. The van der Waals surface area contributed by atoms with Crippen LogP contribution < -0.4 is 20.2 Å². The van der Waals surface area contributed by atoms with Gasteiger partial charge in [-0.2, -0.15) is 5.10 Å². The lowest BCUT2D eigenvalue weighted by Gasteiger charge is -2.09. The number of carbonyl (C=O) groups is 2. The molecular formula is C20H21Cl2N3O4. The van der Waals surface area contributed by atoms with Gasteiger partial charge in [-0.25, -0.2) is 5.43 Å². The SMILES string of the molecule is COc1ccc(CC(=O)N/N=C(\C)CC(=O)Nc2ccc(Cl)cc2Cl)cc1OC. The molecule has 0 atom stereocenters. The fourth-order valence-electron chi connectivity index (χ4n) is 2.43. The summed E-state index contributed by atoms with van der Waals surface area (Å²) in [5.41, 5.74) is 4.07. The molecule has 9 heteroatoms. The molecule has 0 aliphatic rings. The third kappa shape index (κ3) is 6.96. The van der Waals surface area contributed by atoms with Gasteiger partial charge in [0.1, 0.15) is 0 Å². The lowest BCUT2D eigenvalue weighted by atomic mass is 10.1. The molecule has 29 heavy (non-hydrogen) atoms. The van der Waals surface area contributed by atoms with Crippen LogP contribution in [-0.4, -0.2) is 31.7 Å². The first-order valence-electron chi connectivity index (χ1n) is 8.60. The Bertz CT molecular complexity index is 932. The summed E-state index contributed by atoms with van der Waals surface area (Å²) in [6.07, 6.45) is 0.0965. The minimum atomic E-state index is -0.322. The second kappa shape index (κ2) is 10.7. The van der Waals surface area contributed by atoms with Gasteiger partial charge in [-0.3, -0.25) is 9.59 Å². The monoisotopic (exact) mass is 437 g/mol. The number of methoxy groups -OCH3 is 2. The summed E-state index contributed by atoms with van der Waals surface area (Å²) >= 11 is 11.9. The zero-order valence-electron chi connectivity index (χ0n) is 16.2. The molecule has 0 spiro atoms. The average Bonchev–Trinajstić information content (AvgIpc) is 2.68. The van der Waals surface area contributed by atoms with Crippen LogP contribution in [0.5, 0.6) is 11.5 Å². The van der Waals surface area contributed by atoms with Crippen molar-refractivity contribution in [2.24, 2.45) is 5.10 Å². The fourth-order valence-corrected chi connectivity index (χ4v) is 2.89. The third-order valence-electron chi connectivity index (χ3n) is 3.81. The predicted molar refractivity (Wildman–Crippen MR) is 114 cm³/mol. The number of amides is 2. The smallest absolute Gasteiger partial charge is 0.244 e. The number of ether oxygens (including phenoxy) is 2. The van der Waals surface area contributed by atoms with Crippen molar-refractivity contribution < 1.29 is 19.1 Å². The molecule has 2 N–H and O–H groups in total. The van der Waals surface area contributed by atoms with E-state index in [1.54, 1.807) is 44.4 Å². The molecule has 154 valence electrons. The Morgan fingerprint density at radius 3 is 2.38 bits per heavy atom. The molecule has 2 rings (SSSR count). The van der Waals surface area contributed by atoms with Gasteiger partial charge in [0, 0.05) is 10.7 Å². The van der Waals surface area contributed by atoms with Crippen LogP contribution in [0.25, 0.3) is 0 Å². The first-order chi connectivity index (χ1) is 13.8. The number of hydrogen-bond donors (Lipinski definition) is 2. The van der Waals surface area contributed by atoms with Gasteiger partial charge in [-0.15, -0.1) is 0 Å². The van der Waals surface area contributed by atoms with E-state index in [0.29, 0.717) is 32.9 Å². The first-order valence-corrected chi connectivity index (χ1v) is 9.35. The highest BCUT2D eigenvalue weighted by Crippen LogP contribution is 2.27. The van der Waals surface area contributed by atoms with E-state index in [4.69, 9.17) is 32.7 Å². The van der Waals surface area contributed by atoms with Gasteiger partial charge in [-0.05, 0) is 42.8 Å². The summed E-state index contributed by atoms with van der Waals surface area (Å²) in [5.74, 6) is 0.481. The highest BCUT2D eigenvalue weighted by molar-refractivity contribution is 6.36. The van der Waals surface area contributed by atoms with E-state index in [1.807, 2.05) is 0 Å². The van der Waals surface area contributed by atoms with Crippen LogP contribution in [0.15, 0.2) is 41.5 Å². The molecule has 0 saturated carbocycles. The van der Waals surface area contributed by atoms with Gasteiger partial charge in [0.2, 0.25) is 11.8 Å². The highest BCUT2D eigenvalue weighted by atomic mass is 35.5. The summed E-state index contributed by atoms with van der Waals surface area (Å²) < 4.78 is 10.4. The Balaban J connectivity index is 1.88. The third-order valence-corrected chi connectivity index (χ3v) is 4.35. The number of hydrogen-bond acceptors (Lipinski definition) is 5. The number of hydrazone groups is 1. The van der Waals surface area contributed by atoms with Gasteiger partial charge in [0.25, 0.3) is 0 Å². The zero-order chi connectivity index (χ0) is 21.4. The summed E-state index contributed by atoms with van der Waals surface area (Å²) in [6.45, 7) is 1.64. The van der Waals surface area contributed by atoms with Gasteiger partial charge in [-0.1, -0.05) is 29.3 Å². The molecule has 0 bridgehead atoms. The Morgan fingerprint density at radius 2 is 1.72 bits per heavy atom. The molecule has 0 aromatic heterocycles. The van der Waals surface area contributed by atoms with Gasteiger partial charge in [0.15, 0.2) is 11.5 Å². The molecule has 0 fully saturated rings. The normalized spacial score (nSPS) is 11.0. The van der Waals surface area contributed by atoms with E-state index in [1.165, 1.54) is 13.2 Å². The Hall–Kier alpha value is -2.77. The number of benzene rings is 2. The van der Waals surface area contributed by atoms with E-state index >= 15 is 0 Å². The Kier molecular flexibility index (Phi) is 8.30. The second-order valence-corrected chi connectivity index (χ2v) is 6.94. The molecule has 0 heterocycles. The first kappa shape index (κ1) is 22.5. The molecule has 0 saturated heterocycles. The van der Waals surface area contributed by atoms with Gasteiger partial charge in [0.05, 0.1) is 37.8 Å². The van der Waals surface area contributed by atoms with Crippen LogP contribution in [0.2, 0.25) is 10.0 Å². The molecule has 0 radical (unpaired) electrons. The van der Waals surface area contributed by atoms with Crippen molar-refractivity contribution in [1.29, 1.82) is 0 Å². The highest BCUT2D eigenvalue weighted by Gasteiger charge is 2.10. The van der Waals surface area contributed by atoms with Crippen LogP contribution in [0.3, 0.4) is 0 Å². The summed E-state index contributed by atoms with van der Waals surface area (Å²) in [4.78, 5) is 24.2. The number of halogens is 2. The minimum Gasteiger partial charge on any atom is -0.493 e. The molecule has 0 unspecified atom stereocenters. The Morgan fingerprint density at radius 1 is 1.00 bits per heavy atom. The van der Waals surface area contributed by atoms with E-state index in [2.05, 4.69) is 15.8 Å². The maximum Gasteiger partial charge on any atom is 0.244 e. The molecule has 2 amide bonds. The molecule has 2 aromatic carbocycles. The van der Waals surface area contributed by atoms with E-state index in [-0.39, 0.29) is 24.7 Å². The summed E-state index contributed by atoms with van der Waals surface area (Å²) in [6, 6.07) is 9.98. The van der Waals surface area contributed by atoms with Crippen LogP contribution in [-0.2, 0) is 16.0 Å². The molecule has 0 aliphatic carbocycles. The quantitative estimate of drug-likeness (QED) is 0.480. The van der Waals surface area contributed by atoms with Crippen LogP contribution in [0.4, 0.5) is 5.69 Å². The topological polar surface area (TPSA) is 89.0 Å². The molecule has 0 aliphatic heterocycles. The van der Waals surface area contributed by atoms with Crippen LogP contribution >= 0.6 is 23.2 Å². The minimum absolute atomic E-state index is 0.00437. The zero-order valence-corrected chi connectivity index (χ0v) is 17.7. The van der Waals surface area contributed by atoms with Gasteiger partial charge < -0.3 is 14.8 Å². The maximum atomic E-state index is 12.1. The number of anilines is 1. The number of nitrogens with one attached hydrogen (secondary N) is 2. The summed E-state index contributed by atoms with van der Waals surface area (Å²) in [5, 5.41) is 7.44. The largest absolute Gasteiger partial charge is 0.493 e. The van der Waals surface area contributed by atoms with Crippen molar-refractivity contribution in [3.63, 3.8) is 0 Å². The lowest BCUT2D eigenvalue weighted by Crippen LogP contribution is -2.23. The average molecular weight is 438 g/mol. The maximum absolute atomic E-state index is 12.1. The number of rotatable bonds is 8. The molecular weight excluding hydrogens is 417 g/mol. The van der Waals surface area contributed by atoms with Crippen LogP contribution in [0.1, 0.15) is 18.9 Å². The van der Waals surface area contributed by atoms with E-state index in [9.17, 15) is 9.59 Å². The van der Waals surface area contributed by atoms with Crippen molar-refractivity contribution in [2.75, 3.05) is 19.5 Å². The molecule has 7 nitrogen and oxygen atoms in total. The number of carbonyl (C=O) groups excluding carboxylic acids is 2. The van der Waals surface area contributed by atoms with Crippen molar-refractivity contribution in [3.8, 4) is 11.5 Å². The molecule has 2 aromatic rings. The van der Waals surface area contributed by atoms with Crippen molar-refractivity contribution in [1.82, 2.24) is 5.43 Å². The van der Waals surface area contributed by atoms with Crippen molar-refractivity contribution >= 4 is 46.4 Å². The lowest BCUT2D eigenvalue weighted by molar-refractivity contribution is -0.120. The van der Waals surface area contributed by atoms with Crippen LogP contribution in [0, 0.1) is 0 Å².